The molecule has 112 valence electrons. The van der Waals surface area contributed by atoms with Crippen molar-refractivity contribution in [3.05, 3.63) is 59.2 Å². The van der Waals surface area contributed by atoms with Crippen LogP contribution < -0.4 is 4.74 Å². The number of ether oxygens (including phenoxy) is 1. The molecule has 21 heavy (non-hydrogen) atoms. The molecule has 2 aromatic carbocycles. The number of halogens is 1. The molecule has 0 bridgehead atoms. The highest BCUT2D eigenvalue weighted by Gasteiger charge is 2.17. The molecular formula is C19H23BrO. The summed E-state index contributed by atoms with van der Waals surface area (Å²) in [5, 5.41) is 0.797. The Hall–Kier alpha value is -1.28. The Morgan fingerprint density at radius 2 is 1.71 bits per heavy atom. The van der Waals surface area contributed by atoms with Crippen LogP contribution in [0.3, 0.4) is 0 Å². The second kappa shape index (κ2) is 6.65. The molecule has 0 aliphatic carbocycles. The highest BCUT2D eigenvalue weighted by Crippen LogP contribution is 2.31. The lowest BCUT2D eigenvalue weighted by Gasteiger charge is -2.23. The van der Waals surface area contributed by atoms with E-state index in [-0.39, 0.29) is 5.41 Å². The lowest BCUT2D eigenvalue weighted by atomic mass is 9.82. The van der Waals surface area contributed by atoms with Crippen LogP contribution in [0.4, 0.5) is 0 Å². The fourth-order valence-corrected chi connectivity index (χ4v) is 2.66. The number of hydrogen-bond acceptors (Lipinski definition) is 1. The Kier molecular flexibility index (Phi) is 5.10. The van der Waals surface area contributed by atoms with Crippen molar-refractivity contribution in [1.29, 1.82) is 0 Å². The zero-order valence-electron chi connectivity index (χ0n) is 13.2. The van der Waals surface area contributed by atoms with Gasteiger partial charge in [0.2, 0.25) is 0 Å². The molecular weight excluding hydrogens is 324 g/mol. The van der Waals surface area contributed by atoms with E-state index in [1.165, 1.54) is 16.7 Å². The summed E-state index contributed by atoms with van der Waals surface area (Å²) in [5.41, 5.74) is 3.98. The minimum absolute atomic E-state index is 0.212. The average Bonchev–Trinajstić information content (AvgIpc) is 2.49. The van der Waals surface area contributed by atoms with Gasteiger partial charge in [-0.1, -0.05) is 66.5 Å². The zero-order valence-corrected chi connectivity index (χ0v) is 14.8. The predicted octanol–water partition coefficient (Wildman–Crippen LogP) is 6.37. The molecule has 2 aromatic rings. The number of aryl methyl sites for hydroxylation is 1. The standard InChI is InChI=1S/C19H23BrO/c1-5-19(3,4)16-7-9-17(10-8-16)21-18-11-6-14(2)12-15(18)13-20/h6-12H,5,13H2,1-4H3. The van der Waals surface area contributed by atoms with Crippen molar-refractivity contribution < 1.29 is 4.74 Å². The van der Waals surface area contributed by atoms with E-state index in [0.29, 0.717) is 0 Å². The Morgan fingerprint density at radius 1 is 1.05 bits per heavy atom. The number of rotatable bonds is 5. The van der Waals surface area contributed by atoms with Crippen LogP contribution in [-0.4, -0.2) is 0 Å². The van der Waals surface area contributed by atoms with E-state index in [4.69, 9.17) is 4.74 Å². The van der Waals surface area contributed by atoms with E-state index in [0.717, 1.165) is 23.2 Å². The van der Waals surface area contributed by atoms with Crippen LogP contribution in [0, 0.1) is 6.92 Å². The highest BCUT2D eigenvalue weighted by atomic mass is 79.9. The smallest absolute Gasteiger partial charge is 0.131 e. The molecule has 0 amide bonds. The zero-order chi connectivity index (χ0) is 15.5. The van der Waals surface area contributed by atoms with E-state index < -0.39 is 0 Å². The molecule has 0 atom stereocenters. The first-order chi connectivity index (χ1) is 9.96. The number of alkyl halides is 1. The Bertz CT molecular complexity index is 599. The van der Waals surface area contributed by atoms with Gasteiger partial charge in [0.1, 0.15) is 11.5 Å². The molecule has 0 unspecified atom stereocenters. The van der Waals surface area contributed by atoms with Crippen LogP contribution in [0.2, 0.25) is 0 Å². The van der Waals surface area contributed by atoms with Gasteiger partial charge < -0.3 is 4.74 Å². The molecule has 0 radical (unpaired) electrons. The van der Waals surface area contributed by atoms with Gasteiger partial charge in [-0.25, -0.2) is 0 Å². The van der Waals surface area contributed by atoms with Crippen molar-refractivity contribution >= 4 is 15.9 Å². The van der Waals surface area contributed by atoms with Crippen LogP contribution in [0.15, 0.2) is 42.5 Å². The van der Waals surface area contributed by atoms with E-state index in [1.54, 1.807) is 0 Å². The molecule has 0 aliphatic heterocycles. The normalized spacial score (nSPS) is 11.5. The van der Waals surface area contributed by atoms with Crippen molar-refractivity contribution in [3.8, 4) is 11.5 Å². The molecule has 0 saturated carbocycles. The topological polar surface area (TPSA) is 9.23 Å². The maximum Gasteiger partial charge on any atom is 0.131 e. The lowest BCUT2D eigenvalue weighted by Crippen LogP contribution is -2.14. The molecule has 0 N–H and O–H groups in total. The van der Waals surface area contributed by atoms with Crippen LogP contribution in [-0.2, 0) is 10.7 Å². The molecule has 2 rings (SSSR count). The van der Waals surface area contributed by atoms with Gasteiger partial charge in [0.15, 0.2) is 0 Å². The van der Waals surface area contributed by atoms with Crippen LogP contribution in [0.5, 0.6) is 11.5 Å². The molecule has 0 aromatic heterocycles. The van der Waals surface area contributed by atoms with E-state index in [2.05, 4.69) is 80.0 Å². The third-order valence-electron chi connectivity index (χ3n) is 4.11. The van der Waals surface area contributed by atoms with Crippen molar-refractivity contribution in [3.63, 3.8) is 0 Å². The van der Waals surface area contributed by atoms with Crippen LogP contribution in [0.1, 0.15) is 43.9 Å². The minimum Gasteiger partial charge on any atom is -0.457 e. The Labute approximate surface area is 136 Å². The third-order valence-corrected chi connectivity index (χ3v) is 4.71. The van der Waals surface area contributed by atoms with Crippen molar-refractivity contribution in [1.82, 2.24) is 0 Å². The summed E-state index contributed by atoms with van der Waals surface area (Å²) in [5.74, 6) is 1.80. The van der Waals surface area contributed by atoms with Gasteiger partial charge in [0.25, 0.3) is 0 Å². The summed E-state index contributed by atoms with van der Waals surface area (Å²) in [6, 6.07) is 14.7. The second-order valence-electron chi connectivity index (χ2n) is 6.11. The summed E-state index contributed by atoms with van der Waals surface area (Å²) in [4.78, 5) is 0. The molecule has 0 heterocycles. The predicted molar refractivity (Wildman–Crippen MR) is 93.6 cm³/mol. The molecule has 1 nitrogen and oxygen atoms in total. The van der Waals surface area contributed by atoms with Gasteiger partial charge in [-0.3, -0.25) is 0 Å². The van der Waals surface area contributed by atoms with E-state index in [9.17, 15) is 0 Å². The quantitative estimate of drug-likeness (QED) is 0.571. The fraction of sp³-hybridized carbons (Fsp3) is 0.368. The van der Waals surface area contributed by atoms with Gasteiger partial charge in [-0.05, 0) is 42.5 Å². The van der Waals surface area contributed by atoms with Gasteiger partial charge in [-0.2, -0.15) is 0 Å². The van der Waals surface area contributed by atoms with E-state index in [1.807, 2.05) is 6.07 Å². The fourth-order valence-electron chi connectivity index (χ4n) is 2.22. The second-order valence-corrected chi connectivity index (χ2v) is 6.67. The summed E-state index contributed by atoms with van der Waals surface area (Å²) in [7, 11) is 0. The van der Waals surface area contributed by atoms with Gasteiger partial charge >= 0.3 is 0 Å². The lowest BCUT2D eigenvalue weighted by molar-refractivity contribution is 0.474. The van der Waals surface area contributed by atoms with Crippen molar-refractivity contribution in [2.45, 2.75) is 44.9 Å². The van der Waals surface area contributed by atoms with Crippen LogP contribution >= 0.6 is 15.9 Å². The third kappa shape index (κ3) is 3.88. The summed E-state index contributed by atoms with van der Waals surface area (Å²) >= 11 is 3.52. The molecule has 0 saturated heterocycles. The Morgan fingerprint density at radius 3 is 2.29 bits per heavy atom. The SMILES string of the molecule is CCC(C)(C)c1ccc(Oc2ccc(C)cc2CBr)cc1. The minimum atomic E-state index is 0.212. The van der Waals surface area contributed by atoms with Gasteiger partial charge in [0.05, 0.1) is 0 Å². The maximum atomic E-state index is 6.03. The molecule has 0 aliphatic rings. The van der Waals surface area contributed by atoms with E-state index >= 15 is 0 Å². The number of benzene rings is 2. The first-order valence-electron chi connectivity index (χ1n) is 7.40. The maximum absolute atomic E-state index is 6.03. The van der Waals surface area contributed by atoms with Gasteiger partial charge in [0, 0.05) is 10.9 Å². The largest absolute Gasteiger partial charge is 0.457 e. The molecule has 2 heteroatoms. The first-order valence-corrected chi connectivity index (χ1v) is 8.52. The average molecular weight is 347 g/mol. The first kappa shape index (κ1) is 16.1. The Balaban J connectivity index is 2.21. The summed E-state index contributed by atoms with van der Waals surface area (Å²) in [6.45, 7) is 8.86. The highest BCUT2D eigenvalue weighted by molar-refractivity contribution is 9.08. The van der Waals surface area contributed by atoms with Crippen molar-refractivity contribution in [2.24, 2.45) is 0 Å². The molecule has 0 fully saturated rings. The molecule has 0 spiro atoms. The van der Waals surface area contributed by atoms with Crippen molar-refractivity contribution in [2.75, 3.05) is 0 Å². The summed E-state index contributed by atoms with van der Waals surface area (Å²) < 4.78 is 6.03. The summed E-state index contributed by atoms with van der Waals surface area (Å²) in [6.07, 6.45) is 1.12. The monoisotopic (exact) mass is 346 g/mol. The number of hydrogen-bond donors (Lipinski definition) is 0. The van der Waals surface area contributed by atoms with Gasteiger partial charge in [-0.15, -0.1) is 0 Å². The van der Waals surface area contributed by atoms with Crippen LogP contribution in [0.25, 0.3) is 0 Å².